The van der Waals surface area contributed by atoms with Gasteiger partial charge in [-0.05, 0) is 24.7 Å². The van der Waals surface area contributed by atoms with Crippen molar-refractivity contribution in [3.8, 4) is 0 Å². The van der Waals surface area contributed by atoms with Crippen LogP contribution < -0.4 is 5.73 Å². The maximum Gasteiger partial charge on any atom is 0.0965 e. The summed E-state index contributed by atoms with van der Waals surface area (Å²) in [6.45, 7) is 8.91. The van der Waals surface area contributed by atoms with E-state index >= 15 is 0 Å². The van der Waals surface area contributed by atoms with Crippen molar-refractivity contribution < 1.29 is 0 Å². The molecule has 1 aromatic heterocycles. The Morgan fingerprint density at radius 2 is 2.06 bits per heavy atom. The average molecular weight is 238 g/mol. The van der Waals surface area contributed by atoms with Crippen LogP contribution in [0.1, 0.15) is 63.6 Å². The van der Waals surface area contributed by atoms with Crippen LogP contribution in [-0.2, 0) is 5.54 Å². The summed E-state index contributed by atoms with van der Waals surface area (Å²) in [5.74, 6) is 0.671. The van der Waals surface area contributed by atoms with Gasteiger partial charge in [-0.2, -0.15) is 0 Å². The number of thiazole rings is 1. The normalized spacial score (nSPS) is 23.4. The van der Waals surface area contributed by atoms with Gasteiger partial charge < -0.3 is 5.73 Å². The van der Waals surface area contributed by atoms with Crippen LogP contribution in [0.15, 0.2) is 5.38 Å². The Kier molecular flexibility index (Phi) is 2.87. The minimum absolute atomic E-state index is 0.215. The topological polar surface area (TPSA) is 38.9 Å². The second-order valence-corrected chi connectivity index (χ2v) is 6.57. The predicted molar refractivity (Wildman–Crippen MR) is 69.7 cm³/mol. The van der Waals surface area contributed by atoms with Gasteiger partial charge in [0, 0.05) is 11.3 Å². The molecule has 0 amide bonds. The van der Waals surface area contributed by atoms with Gasteiger partial charge in [0.25, 0.3) is 0 Å². The van der Waals surface area contributed by atoms with Crippen molar-refractivity contribution in [3.63, 3.8) is 0 Å². The minimum Gasteiger partial charge on any atom is -0.320 e. The van der Waals surface area contributed by atoms with Crippen molar-refractivity contribution in [1.29, 1.82) is 0 Å². The molecule has 90 valence electrons. The average Bonchev–Trinajstić information content (AvgIpc) is 2.70. The summed E-state index contributed by atoms with van der Waals surface area (Å²) >= 11 is 1.79. The standard InChI is InChI=1S/C13H22N2S/c1-5-13(14,6-2)10-8-16-11(15-10)9-7-12(9,3)4/h8-9H,5-7,14H2,1-4H3. The fourth-order valence-corrected chi connectivity index (χ4v) is 3.41. The van der Waals surface area contributed by atoms with Crippen LogP contribution in [0.4, 0.5) is 0 Å². The van der Waals surface area contributed by atoms with Crippen molar-refractivity contribution in [2.24, 2.45) is 11.1 Å². The Labute approximate surface area is 102 Å². The predicted octanol–water partition coefficient (Wildman–Crippen LogP) is 3.63. The van der Waals surface area contributed by atoms with E-state index in [1.807, 2.05) is 0 Å². The highest BCUT2D eigenvalue weighted by molar-refractivity contribution is 7.09. The zero-order chi connectivity index (χ0) is 12.0. The lowest BCUT2D eigenvalue weighted by Gasteiger charge is -2.24. The molecule has 1 heterocycles. The van der Waals surface area contributed by atoms with Crippen molar-refractivity contribution in [2.45, 2.75) is 58.4 Å². The molecule has 1 aromatic rings. The van der Waals surface area contributed by atoms with Gasteiger partial charge in [0.2, 0.25) is 0 Å². The maximum absolute atomic E-state index is 6.36. The quantitative estimate of drug-likeness (QED) is 0.870. The molecule has 0 spiro atoms. The molecule has 16 heavy (non-hydrogen) atoms. The molecule has 1 saturated carbocycles. The first kappa shape index (κ1) is 12.1. The fraction of sp³-hybridized carbons (Fsp3) is 0.769. The monoisotopic (exact) mass is 238 g/mol. The summed E-state index contributed by atoms with van der Waals surface area (Å²) in [6, 6.07) is 0. The van der Waals surface area contributed by atoms with E-state index in [2.05, 4.69) is 33.1 Å². The number of nitrogens with zero attached hydrogens (tertiary/aromatic N) is 1. The molecular formula is C13H22N2S. The van der Waals surface area contributed by atoms with Gasteiger partial charge in [-0.1, -0.05) is 27.7 Å². The van der Waals surface area contributed by atoms with Gasteiger partial charge in [-0.15, -0.1) is 11.3 Å². The van der Waals surface area contributed by atoms with Crippen LogP contribution in [0.2, 0.25) is 0 Å². The third-order valence-electron chi connectivity index (χ3n) is 4.11. The minimum atomic E-state index is -0.215. The largest absolute Gasteiger partial charge is 0.320 e. The lowest BCUT2D eigenvalue weighted by atomic mass is 9.91. The Morgan fingerprint density at radius 3 is 2.50 bits per heavy atom. The number of aromatic nitrogens is 1. The van der Waals surface area contributed by atoms with E-state index in [1.165, 1.54) is 11.4 Å². The fourth-order valence-electron chi connectivity index (χ4n) is 2.18. The van der Waals surface area contributed by atoms with E-state index in [0.29, 0.717) is 11.3 Å². The second-order valence-electron chi connectivity index (χ2n) is 5.68. The molecule has 0 saturated heterocycles. The van der Waals surface area contributed by atoms with Gasteiger partial charge in [0.05, 0.1) is 16.2 Å². The van der Waals surface area contributed by atoms with Crippen LogP contribution in [0.5, 0.6) is 0 Å². The van der Waals surface area contributed by atoms with Crippen molar-refractivity contribution in [1.82, 2.24) is 4.98 Å². The molecule has 0 bridgehead atoms. The number of hydrogen-bond donors (Lipinski definition) is 1. The van der Waals surface area contributed by atoms with Crippen LogP contribution in [0.25, 0.3) is 0 Å². The lowest BCUT2D eigenvalue weighted by molar-refractivity contribution is 0.401. The highest BCUT2D eigenvalue weighted by atomic mass is 32.1. The third-order valence-corrected chi connectivity index (χ3v) is 5.06. The number of rotatable bonds is 4. The summed E-state index contributed by atoms with van der Waals surface area (Å²) in [5.41, 5.74) is 7.71. The molecule has 2 N–H and O–H groups in total. The van der Waals surface area contributed by atoms with Crippen molar-refractivity contribution in [2.75, 3.05) is 0 Å². The summed E-state index contributed by atoms with van der Waals surface area (Å²) in [5, 5.41) is 3.45. The van der Waals surface area contributed by atoms with Crippen LogP contribution >= 0.6 is 11.3 Å². The molecule has 1 aliphatic rings. The van der Waals surface area contributed by atoms with E-state index in [-0.39, 0.29) is 5.54 Å². The molecule has 1 atom stereocenters. The lowest BCUT2D eigenvalue weighted by Crippen LogP contribution is -2.35. The smallest absolute Gasteiger partial charge is 0.0965 e. The molecule has 1 fully saturated rings. The molecule has 0 aliphatic heterocycles. The van der Waals surface area contributed by atoms with E-state index < -0.39 is 0 Å². The Hall–Kier alpha value is -0.410. The first-order chi connectivity index (χ1) is 7.43. The number of nitrogens with two attached hydrogens (primary N) is 1. The Balaban J connectivity index is 2.20. The zero-order valence-electron chi connectivity index (χ0n) is 10.7. The third kappa shape index (κ3) is 1.91. The summed E-state index contributed by atoms with van der Waals surface area (Å²) < 4.78 is 0. The Morgan fingerprint density at radius 1 is 1.50 bits per heavy atom. The van der Waals surface area contributed by atoms with Gasteiger partial charge >= 0.3 is 0 Å². The van der Waals surface area contributed by atoms with Crippen LogP contribution in [0, 0.1) is 5.41 Å². The second kappa shape index (κ2) is 3.81. The SMILES string of the molecule is CCC(N)(CC)c1csc(C2CC2(C)C)n1. The molecular weight excluding hydrogens is 216 g/mol. The van der Waals surface area contributed by atoms with Gasteiger partial charge in [-0.25, -0.2) is 4.98 Å². The zero-order valence-corrected chi connectivity index (χ0v) is 11.5. The van der Waals surface area contributed by atoms with Crippen LogP contribution in [-0.4, -0.2) is 4.98 Å². The van der Waals surface area contributed by atoms with E-state index in [1.54, 1.807) is 11.3 Å². The maximum atomic E-state index is 6.36. The molecule has 0 aromatic carbocycles. The first-order valence-corrected chi connectivity index (χ1v) is 7.05. The van der Waals surface area contributed by atoms with Crippen molar-refractivity contribution in [3.05, 3.63) is 16.1 Å². The van der Waals surface area contributed by atoms with Gasteiger partial charge in [0.15, 0.2) is 0 Å². The van der Waals surface area contributed by atoms with Crippen molar-refractivity contribution >= 4 is 11.3 Å². The van der Waals surface area contributed by atoms with Gasteiger partial charge in [0.1, 0.15) is 0 Å². The summed E-state index contributed by atoms with van der Waals surface area (Å²) in [4.78, 5) is 4.78. The molecule has 3 heteroatoms. The number of hydrogen-bond acceptors (Lipinski definition) is 3. The molecule has 1 unspecified atom stereocenters. The van der Waals surface area contributed by atoms with E-state index in [0.717, 1.165) is 18.5 Å². The summed E-state index contributed by atoms with van der Waals surface area (Å²) in [6.07, 6.45) is 3.19. The van der Waals surface area contributed by atoms with E-state index in [9.17, 15) is 0 Å². The molecule has 2 rings (SSSR count). The van der Waals surface area contributed by atoms with Crippen LogP contribution in [0.3, 0.4) is 0 Å². The molecule has 0 radical (unpaired) electrons. The molecule has 2 nitrogen and oxygen atoms in total. The van der Waals surface area contributed by atoms with E-state index in [4.69, 9.17) is 10.7 Å². The summed E-state index contributed by atoms with van der Waals surface area (Å²) in [7, 11) is 0. The first-order valence-electron chi connectivity index (χ1n) is 6.17. The Bertz CT molecular complexity index is 377. The highest BCUT2D eigenvalue weighted by Gasteiger charge is 2.48. The molecule has 1 aliphatic carbocycles. The van der Waals surface area contributed by atoms with Gasteiger partial charge in [-0.3, -0.25) is 0 Å². The highest BCUT2D eigenvalue weighted by Crippen LogP contribution is 2.59.